The van der Waals surface area contributed by atoms with Crippen LogP contribution in [0.3, 0.4) is 0 Å². The predicted molar refractivity (Wildman–Crippen MR) is 110 cm³/mol. The molecule has 1 aromatic heterocycles. The molecule has 1 fully saturated rings. The first-order chi connectivity index (χ1) is 14.0. The minimum absolute atomic E-state index is 0.105. The number of rotatable bonds is 4. The van der Waals surface area contributed by atoms with Crippen LogP contribution in [0.1, 0.15) is 42.7 Å². The van der Waals surface area contributed by atoms with E-state index in [4.69, 9.17) is 4.74 Å². The van der Waals surface area contributed by atoms with Crippen LogP contribution in [0.5, 0.6) is 0 Å². The molecule has 1 amide bonds. The maximum absolute atomic E-state index is 12.3. The van der Waals surface area contributed by atoms with E-state index in [0.29, 0.717) is 37.1 Å². The van der Waals surface area contributed by atoms with Gasteiger partial charge in [-0.25, -0.2) is 9.59 Å². The van der Waals surface area contributed by atoms with Gasteiger partial charge in [-0.15, -0.1) is 0 Å². The Balaban J connectivity index is 1.86. The van der Waals surface area contributed by atoms with Crippen LogP contribution in [-0.2, 0) is 16.6 Å². The molecule has 3 rings (SSSR count). The largest absolute Gasteiger partial charge is 0.480 e. The average Bonchev–Trinajstić information content (AvgIpc) is 2.96. The molecule has 9 nitrogen and oxygen atoms in total. The number of hydrogen-bond acceptors (Lipinski definition) is 5. The number of aryl methyl sites for hydroxylation is 1. The maximum atomic E-state index is 12.3. The van der Waals surface area contributed by atoms with Crippen molar-refractivity contribution in [3.8, 4) is 0 Å². The summed E-state index contributed by atoms with van der Waals surface area (Å²) in [5.74, 6) is -2.08. The zero-order valence-corrected chi connectivity index (χ0v) is 17.6. The Morgan fingerprint density at radius 3 is 2.23 bits per heavy atom. The quantitative estimate of drug-likeness (QED) is 0.786. The van der Waals surface area contributed by atoms with E-state index in [1.165, 1.54) is 12.1 Å². The Kier molecular flexibility index (Phi) is 5.76. The van der Waals surface area contributed by atoms with Gasteiger partial charge >= 0.3 is 18.0 Å². The van der Waals surface area contributed by atoms with Crippen molar-refractivity contribution in [3.05, 3.63) is 35.5 Å². The number of piperazine rings is 1. The lowest BCUT2D eigenvalue weighted by Crippen LogP contribution is -2.51. The Morgan fingerprint density at radius 1 is 1.07 bits per heavy atom. The number of fused-ring (bicyclic) bond motifs is 1. The van der Waals surface area contributed by atoms with Gasteiger partial charge in [-0.2, -0.15) is 0 Å². The summed E-state index contributed by atoms with van der Waals surface area (Å²) in [4.78, 5) is 39.2. The van der Waals surface area contributed by atoms with E-state index >= 15 is 0 Å². The Labute approximate surface area is 174 Å². The topological polar surface area (TPSA) is 112 Å². The van der Waals surface area contributed by atoms with Gasteiger partial charge in [0.25, 0.3) is 0 Å². The predicted octanol–water partition coefficient (Wildman–Crippen LogP) is 2.55. The molecule has 0 bridgehead atoms. The molecule has 1 atom stereocenters. The van der Waals surface area contributed by atoms with E-state index in [2.05, 4.69) is 0 Å². The molecule has 0 spiro atoms. The molecule has 2 N–H and O–H groups in total. The molecule has 1 aliphatic rings. The van der Waals surface area contributed by atoms with E-state index in [9.17, 15) is 24.6 Å². The number of carbonyl (C=O) groups is 3. The number of carboxylic acid groups (broad SMARTS) is 2. The smallest absolute Gasteiger partial charge is 0.410 e. The first kappa shape index (κ1) is 21.6. The van der Waals surface area contributed by atoms with Crippen LogP contribution in [0, 0.1) is 0 Å². The Morgan fingerprint density at radius 2 is 1.70 bits per heavy atom. The summed E-state index contributed by atoms with van der Waals surface area (Å²) in [6.07, 6.45) is 1.32. The summed E-state index contributed by atoms with van der Waals surface area (Å²) in [7, 11) is 1.80. The SMILES string of the molecule is Cn1cc([C@@H](C(=O)O)N2CCN(C(=O)OC(C)(C)C)CC2)c2cc(C(=O)O)ccc21. The van der Waals surface area contributed by atoms with Gasteiger partial charge in [-0.05, 0) is 39.0 Å². The van der Waals surface area contributed by atoms with Gasteiger partial charge in [-0.1, -0.05) is 0 Å². The number of aromatic nitrogens is 1. The summed E-state index contributed by atoms with van der Waals surface area (Å²) in [6, 6.07) is 3.75. The number of carboxylic acids is 2. The third-order valence-electron chi connectivity index (χ3n) is 5.13. The third kappa shape index (κ3) is 4.40. The third-order valence-corrected chi connectivity index (χ3v) is 5.13. The molecule has 2 heterocycles. The van der Waals surface area contributed by atoms with Crippen molar-refractivity contribution in [2.24, 2.45) is 7.05 Å². The molecule has 2 aromatic rings. The highest BCUT2D eigenvalue weighted by Crippen LogP contribution is 2.32. The highest BCUT2D eigenvalue weighted by atomic mass is 16.6. The number of benzene rings is 1. The van der Waals surface area contributed by atoms with Crippen LogP contribution in [0.4, 0.5) is 4.79 Å². The normalized spacial score (nSPS) is 16.5. The van der Waals surface area contributed by atoms with Gasteiger partial charge in [-0.3, -0.25) is 9.69 Å². The molecule has 30 heavy (non-hydrogen) atoms. The fourth-order valence-electron chi connectivity index (χ4n) is 3.75. The van der Waals surface area contributed by atoms with Crippen molar-refractivity contribution >= 4 is 28.9 Å². The lowest BCUT2D eigenvalue weighted by molar-refractivity contribution is -0.144. The number of amides is 1. The lowest BCUT2D eigenvalue weighted by atomic mass is 10.0. The van der Waals surface area contributed by atoms with Crippen LogP contribution in [0.2, 0.25) is 0 Å². The molecule has 0 radical (unpaired) electrons. The standard InChI is InChI=1S/C21H27N3O6/c1-21(2,3)30-20(29)24-9-7-23(8-10-24)17(19(27)28)15-12-22(4)16-6-5-13(18(25)26)11-14(15)16/h5-6,11-12,17H,7-10H2,1-4H3,(H,25,26)(H,27,28)/t17-/m0/s1. The molecule has 9 heteroatoms. The van der Waals surface area contributed by atoms with Gasteiger partial charge in [0.15, 0.2) is 0 Å². The van der Waals surface area contributed by atoms with E-state index in [0.717, 1.165) is 5.52 Å². The number of aliphatic carboxylic acids is 1. The second-order valence-electron chi connectivity index (χ2n) is 8.48. The summed E-state index contributed by atoms with van der Waals surface area (Å²) in [5, 5.41) is 19.9. The first-order valence-corrected chi connectivity index (χ1v) is 9.75. The van der Waals surface area contributed by atoms with Gasteiger partial charge in [0.05, 0.1) is 5.56 Å². The first-order valence-electron chi connectivity index (χ1n) is 9.75. The van der Waals surface area contributed by atoms with Crippen molar-refractivity contribution in [2.45, 2.75) is 32.4 Å². The molecule has 162 valence electrons. The molecule has 1 aliphatic heterocycles. The van der Waals surface area contributed by atoms with Crippen LogP contribution < -0.4 is 0 Å². The number of carbonyl (C=O) groups excluding carboxylic acids is 1. The lowest BCUT2D eigenvalue weighted by Gasteiger charge is -2.38. The molecule has 0 aliphatic carbocycles. The summed E-state index contributed by atoms with van der Waals surface area (Å²) < 4.78 is 7.19. The Bertz CT molecular complexity index is 983. The maximum Gasteiger partial charge on any atom is 0.410 e. The fourth-order valence-corrected chi connectivity index (χ4v) is 3.75. The Hall–Kier alpha value is -3.07. The average molecular weight is 417 g/mol. The summed E-state index contributed by atoms with van der Waals surface area (Å²) >= 11 is 0. The fraction of sp³-hybridized carbons (Fsp3) is 0.476. The minimum Gasteiger partial charge on any atom is -0.480 e. The molecule has 1 aromatic carbocycles. The second kappa shape index (κ2) is 7.98. The highest BCUT2D eigenvalue weighted by molar-refractivity contribution is 5.96. The van der Waals surface area contributed by atoms with Crippen molar-refractivity contribution < 1.29 is 29.3 Å². The molecule has 1 saturated heterocycles. The molecule has 0 unspecified atom stereocenters. The highest BCUT2D eigenvalue weighted by Gasteiger charge is 2.34. The minimum atomic E-state index is -1.07. The second-order valence-corrected chi connectivity index (χ2v) is 8.48. The van der Waals surface area contributed by atoms with E-state index in [1.54, 1.807) is 54.4 Å². The van der Waals surface area contributed by atoms with Crippen LogP contribution in [-0.4, -0.2) is 74.4 Å². The van der Waals surface area contributed by atoms with Crippen molar-refractivity contribution in [1.82, 2.24) is 14.4 Å². The van der Waals surface area contributed by atoms with Crippen LogP contribution in [0.25, 0.3) is 10.9 Å². The summed E-state index contributed by atoms with van der Waals surface area (Å²) in [5.41, 5.74) is 0.805. The van der Waals surface area contributed by atoms with E-state index in [-0.39, 0.29) is 5.56 Å². The molecule has 0 saturated carbocycles. The van der Waals surface area contributed by atoms with Crippen LogP contribution in [0.15, 0.2) is 24.4 Å². The molecular formula is C21H27N3O6. The van der Waals surface area contributed by atoms with Gasteiger partial charge in [0.1, 0.15) is 11.6 Å². The van der Waals surface area contributed by atoms with E-state index < -0.39 is 29.7 Å². The number of hydrogen-bond donors (Lipinski definition) is 2. The van der Waals surface area contributed by atoms with Gasteiger partial charge in [0, 0.05) is 55.9 Å². The zero-order chi connectivity index (χ0) is 22.2. The monoisotopic (exact) mass is 417 g/mol. The van der Waals surface area contributed by atoms with Crippen LogP contribution >= 0.6 is 0 Å². The molecular weight excluding hydrogens is 390 g/mol. The number of aromatic carboxylic acids is 1. The van der Waals surface area contributed by atoms with Crippen molar-refractivity contribution in [3.63, 3.8) is 0 Å². The van der Waals surface area contributed by atoms with Gasteiger partial charge < -0.3 is 24.4 Å². The van der Waals surface area contributed by atoms with Gasteiger partial charge in [0.2, 0.25) is 0 Å². The zero-order valence-electron chi connectivity index (χ0n) is 17.6. The van der Waals surface area contributed by atoms with E-state index in [1.807, 2.05) is 0 Å². The summed E-state index contributed by atoms with van der Waals surface area (Å²) in [6.45, 7) is 6.83. The number of nitrogens with zero attached hydrogens (tertiary/aromatic N) is 3. The van der Waals surface area contributed by atoms with Crippen molar-refractivity contribution in [2.75, 3.05) is 26.2 Å². The van der Waals surface area contributed by atoms with Crippen molar-refractivity contribution in [1.29, 1.82) is 0 Å². The number of ether oxygens (including phenoxy) is 1.